The van der Waals surface area contributed by atoms with Crippen LogP contribution in [-0.2, 0) is 5.41 Å². The number of nitrogens with zero attached hydrogens (tertiary/aromatic N) is 3. The molecule has 0 fully saturated rings. The topological polar surface area (TPSA) is 78.3 Å². The number of nitrogens with one attached hydrogen (secondary N) is 1. The molecule has 0 bridgehead atoms. The lowest BCUT2D eigenvalue weighted by molar-refractivity contribution is 0.102. The van der Waals surface area contributed by atoms with E-state index in [1.807, 2.05) is 49.4 Å². The Hall–Kier alpha value is -3.35. The minimum Gasteiger partial charge on any atom is -0.494 e. The van der Waals surface area contributed by atoms with Crippen molar-refractivity contribution < 1.29 is 14.3 Å². The van der Waals surface area contributed by atoms with Crippen molar-refractivity contribution in [3.8, 4) is 17.2 Å². The Kier molecular flexibility index (Phi) is 7.18. The van der Waals surface area contributed by atoms with E-state index in [9.17, 15) is 4.79 Å². The number of anilines is 1. The standard InChI is InChI=1S/C25H32N4O3/c1-7-8-15-32-21-14-13-18(25(3,4)5)16-19(21)26-24(30)23-17(2)29(28-27-23)20-11-9-10-12-22(20)31-6/h9-14,16H,7-8,15H2,1-6H3,(H,26,30). The van der Waals surface area contributed by atoms with Crippen molar-refractivity contribution in [3.63, 3.8) is 0 Å². The summed E-state index contributed by atoms with van der Waals surface area (Å²) in [5.41, 5.74) is 3.25. The molecule has 0 saturated carbocycles. The number of ether oxygens (including phenoxy) is 2. The molecule has 7 nitrogen and oxygen atoms in total. The van der Waals surface area contributed by atoms with E-state index in [-0.39, 0.29) is 17.0 Å². The summed E-state index contributed by atoms with van der Waals surface area (Å²) in [7, 11) is 1.60. The van der Waals surface area contributed by atoms with Crippen molar-refractivity contribution in [1.29, 1.82) is 0 Å². The van der Waals surface area contributed by atoms with Gasteiger partial charge in [-0.05, 0) is 48.6 Å². The molecule has 3 aromatic rings. The molecular formula is C25H32N4O3. The third-order valence-electron chi connectivity index (χ3n) is 5.27. The molecule has 3 rings (SSSR count). The molecular weight excluding hydrogens is 404 g/mol. The van der Waals surface area contributed by atoms with Gasteiger partial charge in [-0.25, -0.2) is 4.68 Å². The highest BCUT2D eigenvalue weighted by atomic mass is 16.5. The molecule has 0 aliphatic carbocycles. The molecule has 1 amide bonds. The van der Waals surface area contributed by atoms with Gasteiger partial charge in [0, 0.05) is 0 Å². The minimum atomic E-state index is -0.338. The first-order valence-electron chi connectivity index (χ1n) is 10.9. The van der Waals surface area contributed by atoms with Gasteiger partial charge in [-0.2, -0.15) is 0 Å². The quantitative estimate of drug-likeness (QED) is 0.484. The molecule has 7 heteroatoms. The first kappa shape index (κ1) is 23.3. The molecule has 0 saturated heterocycles. The smallest absolute Gasteiger partial charge is 0.278 e. The molecule has 0 atom stereocenters. The summed E-state index contributed by atoms with van der Waals surface area (Å²) >= 11 is 0. The lowest BCUT2D eigenvalue weighted by Crippen LogP contribution is -2.17. The highest BCUT2D eigenvalue weighted by Crippen LogP contribution is 2.32. The fourth-order valence-electron chi connectivity index (χ4n) is 3.30. The number of rotatable bonds is 8. The molecule has 1 heterocycles. The van der Waals surface area contributed by atoms with E-state index in [1.165, 1.54) is 0 Å². The average molecular weight is 437 g/mol. The second kappa shape index (κ2) is 9.85. The fraction of sp³-hybridized carbons (Fsp3) is 0.400. The van der Waals surface area contributed by atoms with E-state index < -0.39 is 0 Å². The number of aromatic nitrogens is 3. The lowest BCUT2D eigenvalue weighted by atomic mass is 9.87. The molecule has 0 unspecified atom stereocenters. The summed E-state index contributed by atoms with van der Waals surface area (Å²) in [6.07, 6.45) is 1.98. The third-order valence-corrected chi connectivity index (χ3v) is 5.27. The predicted molar refractivity (Wildman–Crippen MR) is 126 cm³/mol. The highest BCUT2D eigenvalue weighted by Gasteiger charge is 2.22. The van der Waals surface area contributed by atoms with Crippen LogP contribution in [0.2, 0.25) is 0 Å². The van der Waals surface area contributed by atoms with Crippen LogP contribution >= 0.6 is 0 Å². The molecule has 0 radical (unpaired) electrons. The summed E-state index contributed by atoms with van der Waals surface area (Å²) in [6, 6.07) is 13.4. The Labute approximate surface area is 189 Å². The number of unbranched alkanes of at least 4 members (excludes halogenated alkanes) is 1. The second-order valence-electron chi connectivity index (χ2n) is 8.72. The van der Waals surface area contributed by atoms with Crippen LogP contribution in [0.5, 0.6) is 11.5 Å². The van der Waals surface area contributed by atoms with Crippen LogP contribution in [0.4, 0.5) is 5.69 Å². The molecule has 0 aliphatic rings. The molecule has 32 heavy (non-hydrogen) atoms. The van der Waals surface area contributed by atoms with Crippen molar-refractivity contribution >= 4 is 11.6 Å². The van der Waals surface area contributed by atoms with Crippen molar-refractivity contribution in [2.24, 2.45) is 0 Å². The molecule has 1 aromatic heterocycles. The van der Waals surface area contributed by atoms with E-state index in [4.69, 9.17) is 9.47 Å². The summed E-state index contributed by atoms with van der Waals surface area (Å²) < 4.78 is 13.0. The van der Waals surface area contributed by atoms with Crippen LogP contribution in [0.1, 0.15) is 62.3 Å². The number of benzene rings is 2. The van der Waals surface area contributed by atoms with Gasteiger partial charge in [0.05, 0.1) is 25.1 Å². The molecule has 1 N–H and O–H groups in total. The van der Waals surface area contributed by atoms with Gasteiger partial charge < -0.3 is 14.8 Å². The maximum atomic E-state index is 13.2. The van der Waals surface area contributed by atoms with Crippen LogP contribution in [0.25, 0.3) is 5.69 Å². The van der Waals surface area contributed by atoms with Gasteiger partial charge in [0.1, 0.15) is 17.2 Å². The summed E-state index contributed by atoms with van der Waals surface area (Å²) in [6.45, 7) is 10.9. The number of carbonyl (C=O) groups is 1. The Morgan fingerprint density at radius 1 is 1.12 bits per heavy atom. The molecule has 170 valence electrons. The first-order valence-corrected chi connectivity index (χ1v) is 10.9. The third kappa shape index (κ3) is 5.10. The zero-order valence-electron chi connectivity index (χ0n) is 19.7. The van der Waals surface area contributed by atoms with E-state index in [1.54, 1.807) is 11.8 Å². The Morgan fingerprint density at radius 3 is 2.56 bits per heavy atom. The monoisotopic (exact) mass is 436 g/mol. The van der Waals surface area contributed by atoms with Crippen LogP contribution in [0.3, 0.4) is 0 Å². The Bertz CT molecular complexity index is 1080. The molecule has 0 spiro atoms. The van der Waals surface area contributed by atoms with Crippen molar-refractivity contribution in [1.82, 2.24) is 15.0 Å². The van der Waals surface area contributed by atoms with Crippen LogP contribution in [0.15, 0.2) is 42.5 Å². The number of hydrogen-bond acceptors (Lipinski definition) is 5. The van der Waals surface area contributed by atoms with E-state index in [0.29, 0.717) is 29.5 Å². The minimum absolute atomic E-state index is 0.0651. The van der Waals surface area contributed by atoms with Gasteiger partial charge in [-0.3, -0.25) is 4.79 Å². The maximum absolute atomic E-state index is 13.2. The van der Waals surface area contributed by atoms with Gasteiger partial charge in [0.25, 0.3) is 5.91 Å². The highest BCUT2D eigenvalue weighted by molar-refractivity contribution is 6.04. The Balaban J connectivity index is 1.92. The van der Waals surface area contributed by atoms with Gasteiger partial charge in [0.15, 0.2) is 5.69 Å². The second-order valence-corrected chi connectivity index (χ2v) is 8.72. The summed E-state index contributed by atoms with van der Waals surface area (Å²) in [5.74, 6) is 0.960. The van der Waals surface area contributed by atoms with E-state index >= 15 is 0 Å². The average Bonchev–Trinajstić information content (AvgIpc) is 3.15. The van der Waals surface area contributed by atoms with Crippen molar-refractivity contribution in [2.45, 2.75) is 52.9 Å². The predicted octanol–water partition coefficient (Wildman–Crippen LogP) is 5.31. The van der Waals surface area contributed by atoms with E-state index in [2.05, 4.69) is 43.3 Å². The van der Waals surface area contributed by atoms with Crippen molar-refractivity contribution in [2.75, 3.05) is 19.0 Å². The zero-order valence-corrected chi connectivity index (χ0v) is 19.7. The van der Waals surface area contributed by atoms with Crippen LogP contribution in [0, 0.1) is 6.92 Å². The number of carbonyl (C=O) groups excluding carboxylic acids is 1. The van der Waals surface area contributed by atoms with Crippen LogP contribution in [-0.4, -0.2) is 34.6 Å². The van der Waals surface area contributed by atoms with Gasteiger partial charge in [-0.1, -0.05) is 57.5 Å². The maximum Gasteiger partial charge on any atom is 0.278 e. The Morgan fingerprint density at radius 2 is 1.88 bits per heavy atom. The van der Waals surface area contributed by atoms with Crippen LogP contribution < -0.4 is 14.8 Å². The van der Waals surface area contributed by atoms with Gasteiger partial charge >= 0.3 is 0 Å². The number of methoxy groups -OCH3 is 1. The van der Waals surface area contributed by atoms with E-state index in [0.717, 1.165) is 24.1 Å². The summed E-state index contributed by atoms with van der Waals surface area (Å²) in [4.78, 5) is 13.2. The molecule has 0 aliphatic heterocycles. The normalized spacial score (nSPS) is 11.3. The first-order chi connectivity index (χ1) is 15.3. The summed E-state index contributed by atoms with van der Waals surface area (Å²) in [5, 5.41) is 11.3. The van der Waals surface area contributed by atoms with Gasteiger partial charge in [-0.15, -0.1) is 5.10 Å². The SMILES string of the molecule is CCCCOc1ccc(C(C)(C)C)cc1NC(=O)c1nnn(-c2ccccc2OC)c1C. The number of hydrogen-bond donors (Lipinski definition) is 1. The zero-order chi connectivity index (χ0) is 23.3. The van der Waals surface area contributed by atoms with Crippen molar-refractivity contribution in [3.05, 3.63) is 59.4 Å². The molecule has 2 aromatic carbocycles. The fourth-order valence-corrected chi connectivity index (χ4v) is 3.30. The van der Waals surface area contributed by atoms with Gasteiger partial charge in [0.2, 0.25) is 0 Å². The largest absolute Gasteiger partial charge is 0.494 e. The lowest BCUT2D eigenvalue weighted by Gasteiger charge is -2.21. The number of para-hydroxylation sites is 2. The number of amides is 1.